The minimum Gasteiger partial charge on any atom is -0.439 e. The van der Waals surface area contributed by atoms with Crippen molar-refractivity contribution in [2.75, 3.05) is 0 Å². The summed E-state index contributed by atoms with van der Waals surface area (Å²) in [6.07, 6.45) is 0.813. The summed E-state index contributed by atoms with van der Waals surface area (Å²) >= 11 is 6.05. The van der Waals surface area contributed by atoms with Gasteiger partial charge in [0, 0.05) is 11.1 Å². The molecule has 0 fully saturated rings. The zero-order chi connectivity index (χ0) is 14.5. The Morgan fingerprint density at radius 1 is 1.40 bits per heavy atom. The minimum absolute atomic E-state index is 0.0687. The number of nitrogens with two attached hydrogens (primary N) is 1. The Morgan fingerprint density at radius 3 is 2.90 bits per heavy atom. The van der Waals surface area contributed by atoms with Gasteiger partial charge in [0.15, 0.2) is 5.84 Å². The number of hydrogen-bond donors (Lipinski definition) is 2. The Kier molecular flexibility index (Phi) is 4.42. The predicted molar refractivity (Wildman–Crippen MR) is 77.7 cm³/mol. The highest BCUT2D eigenvalue weighted by atomic mass is 35.5. The van der Waals surface area contributed by atoms with Crippen LogP contribution in [0.15, 0.2) is 41.6 Å². The molecule has 2 aromatic rings. The molecule has 1 heterocycles. The first kappa shape index (κ1) is 14.1. The van der Waals surface area contributed by atoms with Crippen LogP contribution in [0.2, 0.25) is 5.02 Å². The first-order valence-electron chi connectivity index (χ1n) is 6.05. The Balaban J connectivity index is 2.26. The third kappa shape index (κ3) is 3.19. The summed E-state index contributed by atoms with van der Waals surface area (Å²) in [5.41, 5.74) is 6.83. The zero-order valence-electron chi connectivity index (χ0n) is 10.9. The van der Waals surface area contributed by atoms with Gasteiger partial charge in [0.25, 0.3) is 0 Å². The Morgan fingerprint density at radius 2 is 2.20 bits per heavy atom. The van der Waals surface area contributed by atoms with E-state index in [1.807, 2.05) is 13.0 Å². The summed E-state index contributed by atoms with van der Waals surface area (Å²) < 4.78 is 5.65. The van der Waals surface area contributed by atoms with Gasteiger partial charge in [0.05, 0.1) is 0 Å². The molecule has 0 amide bonds. The summed E-state index contributed by atoms with van der Waals surface area (Å²) in [6.45, 7) is 2.02. The molecule has 0 saturated carbocycles. The number of aromatic nitrogens is 1. The van der Waals surface area contributed by atoms with Crippen LogP contribution in [-0.4, -0.2) is 16.0 Å². The van der Waals surface area contributed by atoms with E-state index in [9.17, 15) is 0 Å². The van der Waals surface area contributed by atoms with Gasteiger partial charge in [-0.3, -0.25) is 0 Å². The fourth-order valence-corrected chi connectivity index (χ4v) is 1.92. The van der Waals surface area contributed by atoms with Crippen molar-refractivity contribution in [2.45, 2.75) is 13.3 Å². The summed E-state index contributed by atoms with van der Waals surface area (Å²) in [7, 11) is 0. The maximum absolute atomic E-state index is 8.64. The smallest absolute Gasteiger partial charge is 0.219 e. The summed E-state index contributed by atoms with van der Waals surface area (Å²) in [5.74, 6) is 0.926. The van der Waals surface area contributed by atoms with Crippen LogP contribution < -0.4 is 10.5 Å². The summed E-state index contributed by atoms with van der Waals surface area (Å²) in [5, 5.41) is 12.2. The van der Waals surface area contributed by atoms with Crippen molar-refractivity contribution in [3.63, 3.8) is 0 Å². The number of pyridine rings is 1. The highest BCUT2D eigenvalue weighted by Crippen LogP contribution is 2.25. The van der Waals surface area contributed by atoms with E-state index in [1.54, 1.807) is 30.3 Å². The molecule has 1 aromatic heterocycles. The molecule has 2 rings (SSSR count). The molecule has 0 aliphatic carbocycles. The lowest BCUT2D eigenvalue weighted by Gasteiger charge is -2.08. The molecule has 6 heteroatoms. The molecule has 0 atom stereocenters. The van der Waals surface area contributed by atoms with Gasteiger partial charge in [0.2, 0.25) is 5.88 Å². The largest absolute Gasteiger partial charge is 0.439 e. The van der Waals surface area contributed by atoms with Crippen LogP contribution in [0, 0.1) is 0 Å². The van der Waals surface area contributed by atoms with Crippen LogP contribution in [0.5, 0.6) is 11.6 Å². The number of halogens is 1. The highest BCUT2D eigenvalue weighted by Gasteiger charge is 2.06. The van der Waals surface area contributed by atoms with Gasteiger partial charge in [-0.25, -0.2) is 4.98 Å². The van der Waals surface area contributed by atoms with E-state index in [0.717, 1.165) is 12.0 Å². The second kappa shape index (κ2) is 6.25. The molecule has 0 unspecified atom stereocenters. The molecule has 5 nitrogen and oxygen atoms in total. The number of ether oxygens (including phenoxy) is 1. The van der Waals surface area contributed by atoms with Gasteiger partial charge in [-0.05, 0) is 36.2 Å². The van der Waals surface area contributed by atoms with Crippen LogP contribution in [-0.2, 0) is 6.42 Å². The average Bonchev–Trinajstić information content (AvgIpc) is 2.48. The predicted octanol–water partition coefficient (Wildman–Crippen LogP) is 3.18. The number of amidine groups is 1. The van der Waals surface area contributed by atoms with Crippen molar-refractivity contribution >= 4 is 17.4 Å². The van der Waals surface area contributed by atoms with Crippen LogP contribution in [0.1, 0.15) is 18.2 Å². The van der Waals surface area contributed by atoms with Gasteiger partial charge in [-0.1, -0.05) is 29.7 Å². The lowest BCUT2D eigenvalue weighted by molar-refractivity contribution is 0.318. The van der Waals surface area contributed by atoms with Crippen LogP contribution in [0.3, 0.4) is 0 Å². The molecule has 0 spiro atoms. The standard InChI is InChI=1S/C14H14ClN3O2/c1-2-9-8-10(6-7-11(9)15)20-13-5-3-4-12(17-13)14(16)18-19/h3-8,19H,2H2,1H3,(H2,16,18). The van der Waals surface area contributed by atoms with E-state index >= 15 is 0 Å². The van der Waals surface area contributed by atoms with Crippen molar-refractivity contribution in [3.05, 3.63) is 52.7 Å². The lowest BCUT2D eigenvalue weighted by Crippen LogP contribution is -2.14. The van der Waals surface area contributed by atoms with E-state index in [4.69, 9.17) is 27.3 Å². The summed E-state index contributed by atoms with van der Waals surface area (Å²) in [4.78, 5) is 4.15. The second-order valence-electron chi connectivity index (χ2n) is 4.06. The highest BCUT2D eigenvalue weighted by molar-refractivity contribution is 6.31. The number of oxime groups is 1. The number of aryl methyl sites for hydroxylation is 1. The van der Waals surface area contributed by atoms with E-state index < -0.39 is 0 Å². The van der Waals surface area contributed by atoms with Gasteiger partial charge in [-0.15, -0.1) is 0 Å². The van der Waals surface area contributed by atoms with Crippen molar-refractivity contribution in [2.24, 2.45) is 10.9 Å². The van der Waals surface area contributed by atoms with Crippen molar-refractivity contribution < 1.29 is 9.94 Å². The number of rotatable bonds is 4. The molecule has 0 radical (unpaired) electrons. The van der Waals surface area contributed by atoms with Gasteiger partial charge < -0.3 is 15.7 Å². The molecule has 1 aromatic carbocycles. The number of nitrogens with zero attached hydrogens (tertiary/aromatic N) is 2. The van der Waals surface area contributed by atoms with Gasteiger partial charge >= 0.3 is 0 Å². The van der Waals surface area contributed by atoms with E-state index in [0.29, 0.717) is 22.3 Å². The maximum atomic E-state index is 8.64. The number of benzene rings is 1. The first-order chi connectivity index (χ1) is 9.63. The maximum Gasteiger partial charge on any atom is 0.219 e. The topological polar surface area (TPSA) is 80.7 Å². The second-order valence-corrected chi connectivity index (χ2v) is 4.46. The van der Waals surface area contributed by atoms with Gasteiger partial charge in [0.1, 0.15) is 11.4 Å². The minimum atomic E-state index is -0.0687. The van der Waals surface area contributed by atoms with Crippen molar-refractivity contribution in [3.8, 4) is 11.6 Å². The fourth-order valence-electron chi connectivity index (χ4n) is 1.67. The molecule has 0 aliphatic rings. The lowest BCUT2D eigenvalue weighted by atomic mass is 10.1. The SMILES string of the molecule is CCc1cc(Oc2cccc(C(N)=NO)n2)ccc1Cl. The monoisotopic (exact) mass is 291 g/mol. The third-order valence-electron chi connectivity index (χ3n) is 2.71. The van der Waals surface area contributed by atoms with Crippen LogP contribution in [0.4, 0.5) is 0 Å². The molecule has 104 valence electrons. The van der Waals surface area contributed by atoms with Crippen LogP contribution >= 0.6 is 11.6 Å². The Bertz CT molecular complexity index is 644. The van der Waals surface area contributed by atoms with E-state index in [1.165, 1.54) is 0 Å². The average molecular weight is 292 g/mol. The van der Waals surface area contributed by atoms with E-state index in [-0.39, 0.29) is 5.84 Å². The van der Waals surface area contributed by atoms with Crippen LogP contribution in [0.25, 0.3) is 0 Å². The third-order valence-corrected chi connectivity index (χ3v) is 3.08. The quantitative estimate of drug-likeness (QED) is 0.392. The van der Waals surface area contributed by atoms with E-state index in [2.05, 4.69) is 10.1 Å². The summed E-state index contributed by atoms with van der Waals surface area (Å²) in [6, 6.07) is 10.4. The first-order valence-corrected chi connectivity index (χ1v) is 6.43. The molecule has 0 saturated heterocycles. The number of hydrogen-bond acceptors (Lipinski definition) is 4. The van der Waals surface area contributed by atoms with Crippen molar-refractivity contribution in [1.29, 1.82) is 0 Å². The van der Waals surface area contributed by atoms with Gasteiger partial charge in [-0.2, -0.15) is 0 Å². The Hall–Kier alpha value is -2.27. The zero-order valence-corrected chi connectivity index (χ0v) is 11.6. The molecule has 0 aliphatic heterocycles. The Labute approximate surface area is 121 Å². The molecule has 0 bridgehead atoms. The molecular formula is C14H14ClN3O2. The normalized spacial score (nSPS) is 11.4. The molecular weight excluding hydrogens is 278 g/mol. The fraction of sp³-hybridized carbons (Fsp3) is 0.143. The molecule has 20 heavy (non-hydrogen) atoms. The van der Waals surface area contributed by atoms with Crippen molar-refractivity contribution in [1.82, 2.24) is 4.98 Å². The molecule has 3 N–H and O–H groups in total.